The summed E-state index contributed by atoms with van der Waals surface area (Å²) in [4.78, 5) is 20.1. The molecule has 0 aliphatic rings. The van der Waals surface area contributed by atoms with E-state index in [-0.39, 0.29) is 0 Å². The zero-order valence-corrected chi connectivity index (χ0v) is 5.29. The summed E-state index contributed by atoms with van der Waals surface area (Å²) in [6.45, 7) is 0. The Morgan fingerprint density at radius 1 is 1.30 bits per heavy atom. The first-order valence-electron chi connectivity index (χ1n) is 2.43. The van der Waals surface area contributed by atoms with Crippen LogP contribution in [-0.4, -0.2) is 29.2 Å². The topological polar surface area (TPSA) is 86.6 Å². The third kappa shape index (κ3) is 2.17. The molecule has 0 heterocycles. The first kappa shape index (κ1) is 8.48. The fraction of sp³-hybridized carbons (Fsp3) is 0.200. The second kappa shape index (κ2) is 3.49. The van der Waals surface area contributed by atoms with Gasteiger partial charge in [0, 0.05) is 13.2 Å². The molecule has 0 unspecified atom stereocenters. The van der Waals surface area contributed by atoms with Gasteiger partial charge in [-0.05, 0) is 0 Å². The minimum atomic E-state index is -1.46. The van der Waals surface area contributed by atoms with Gasteiger partial charge in [-0.25, -0.2) is 9.59 Å². The summed E-state index contributed by atoms with van der Waals surface area (Å²) in [6.07, 6.45) is 0.907. The van der Waals surface area contributed by atoms with Crippen molar-refractivity contribution in [1.29, 1.82) is 0 Å². The number of carbonyl (C=O) groups is 2. The second-order valence-corrected chi connectivity index (χ2v) is 1.46. The van der Waals surface area contributed by atoms with Crippen LogP contribution in [0.5, 0.6) is 0 Å². The molecule has 5 nitrogen and oxygen atoms in total. The first-order valence-corrected chi connectivity index (χ1v) is 2.43. The Kier molecular flexibility index (Phi) is 2.96. The van der Waals surface area contributed by atoms with E-state index in [1.54, 1.807) is 0 Å². The van der Waals surface area contributed by atoms with Gasteiger partial charge in [0.2, 0.25) is 0 Å². The highest BCUT2D eigenvalue weighted by molar-refractivity contribution is 6.12. The maximum absolute atomic E-state index is 10.0. The highest BCUT2D eigenvalue weighted by Gasteiger charge is 2.14. The standard InChI is InChI=1S/C5H7NO4/c1-6-2-3(4(7)8)5(9)10/h2,6H,1H3,(H,7,8)(H,9,10). The summed E-state index contributed by atoms with van der Waals surface area (Å²) >= 11 is 0. The predicted octanol–water partition coefficient (Wildman–Crippen LogP) is -0.741. The zero-order chi connectivity index (χ0) is 8.15. The average molecular weight is 145 g/mol. The van der Waals surface area contributed by atoms with Crippen LogP contribution in [0.15, 0.2) is 11.8 Å². The van der Waals surface area contributed by atoms with E-state index in [2.05, 4.69) is 5.32 Å². The summed E-state index contributed by atoms with van der Waals surface area (Å²) in [7, 11) is 1.42. The largest absolute Gasteiger partial charge is 0.477 e. The minimum Gasteiger partial charge on any atom is -0.477 e. The molecule has 0 amide bonds. The molecule has 0 atom stereocenters. The fourth-order valence-corrected chi connectivity index (χ4v) is 0.359. The molecule has 0 spiro atoms. The van der Waals surface area contributed by atoms with Crippen molar-refractivity contribution in [3.63, 3.8) is 0 Å². The van der Waals surface area contributed by atoms with Gasteiger partial charge in [0.1, 0.15) is 0 Å². The lowest BCUT2D eigenvalue weighted by molar-refractivity contribution is -0.140. The molecular weight excluding hydrogens is 138 g/mol. The maximum atomic E-state index is 10.0. The van der Waals surface area contributed by atoms with Gasteiger partial charge in [-0.3, -0.25) is 0 Å². The van der Waals surface area contributed by atoms with Crippen molar-refractivity contribution in [2.24, 2.45) is 0 Å². The van der Waals surface area contributed by atoms with E-state index in [9.17, 15) is 9.59 Å². The van der Waals surface area contributed by atoms with E-state index >= 15 is 0 Å². The normalized spacial score (nSPS) is 8.10. The molecule has 0 aliphatic heterocycles. The van der Waals surface area contributed by atoms with Gasteiger partial charge in [0.05, 0.1) is 0 Å². The summed E-state index contributed by atoms with van der Waals surface area (Å²) in [5.41, 5.74) is -0.678. The van der Waals surface area contributed by atoms with Crippen LogP contribution in [0.4, 0.5) is 0 Å². The van der Waals surface area contributed by atoms with Crippen LogP contribution in [0.1, 0.15) is 0 Å². The summed E-state index contributed by atoms with van der Waals surface area (Å²) in [5.74, 6) is -2.91. The number of hydrogen-bond acceptors (Lipinski definition) is 3. The van der Waals surface area contributed by atoms with E-state index in [0.717, 1.165) is 6.20 Å². The van der Waals surface area contributed by atoms with Gasteiger partial charge in [-0.15, -0.1) is 0 Å². The third-order valence-corrected chi connectivity index (χ3v) is 0.749. The van der Waals surface area contributed by atoms with E-state index in [1.165, 1.54) is 7.05 Å². The van der Waals surface area contributed by atoms with Gasteiger partial charge in [-0.2, -0.15) is 0 Å². The molecule has 0 aromatic carbocycles. The van der Waals surface area contributed by atoms with Crippen molar-refractivity contribution < 1.29 is 19.8 Å². The van der Waals surface area contributed by atoms with Crippen LogP contribution >= 0.6 is 0 Å². The average Bonchev–Trinajstić information content (AvgIpc) is 1.81. The van der Waals surface area contributed by atoms with E-state index in [0.29, 0.717) is 0 Å². The molecule has 3 N–H and O–H groups in total. The van der Waals surface area contributed by atoms with Crippen molar-refractivity contribution in [2.45, 2.75) is 0 Å². The molecule has 0 saturated carbocycles. The highest BCUT2D eigenvalue weighted by Crippen LogP contribution is 1.90. The Bertz CT molecular complexity index is 168. The molecule has 0 aromatic heterocycles. The van der Waals surface area contributed by atoms with Crippen molar-refractivity contribution in [3.05, 3.63) is 11.8 Å². The Balaban J connectivity index is 4.42. The monoisotopic (exact) mass is 145 g/mol. The third-order valence-electron chi connectivity index (χ3n) is 0.749. The molecule has 5 heteroatoms. The Hall–Kier alpha value is -1.52. The lowest BCUT2D eigenvalue weighted by atomic mass is 10.3. The molecular formula is C5H7NO4. The van der Waals surface area contributed by atoms with E-state index < -0.39 is 17.5 Å². The minimum absolute atomic E-state index is 0.678. The maximum Gasteiger partial charge on any atom is 0.344 e. The van der Waals surface area contributed by atoms with Crippen LogP contribution < -0.4 is 5.32 Å². The van der Waals surface area contributed by atoms with Gasteiger partial charge >= 0.3 is 11.9 Å². The van der Waals surface area contributed by atoms with Crippen LogP contribution in [-0.2, 0) is 9.59 Å². The lowest BCUT2D eigenvalue weighted by Crippen LogP contribution is -2.14. The quantitative estimate of drug-likeness (QED) is 0.276. The predicted molar refractivity (Wildman–Crippen MR) is 32.4 cm³/mol. The smallest absolute Gasteiger partial charge is 0.344 e. The van der Waals surface area contributed by atoms with Crippen molar-refractivity contribution in [3.8, 4) is 0 Å². The molecule has 0 radical (unpaired) electrons. The van der Waals surface area contributed by atoms with Gasteiger partial charge in [0.25, 0.3) is 0 Å². The summed E-state index contributed by atoms with van der Waals surface area (Å²) in [5, 5.41) is 18.7. The van der Waals surface area contributed by atoms with E-state index in [1.807, 2.05) is 0 Å². The van der Waals surface area contributed by atoms with Gasteiger partial charge in [-0.1, -0.05) is 0 Å². The van der Waals surface area contributed by atoms with Crippen LogP contribution in [0.25, 0.3) is 0 Å². The van der Waals surface area contributed by atoms with Crippen molar-refractivity contribution >= 4 is 11.9 Å². The van der Waals surface area contributed by atoms with E-state index in [4.69, 9.17) is 10.2 Å². The number of hydrogen-bond donors (Lipinski definition) is 3. The Labute approximate surface area is 57.0 Å². The molecule has 0 aliphatic carbocycles. The molecule has 56 valence electrons. The summed E-state index contributed by atoms with van der Waals surface area (Å²) < 4.78 is 0. The fourth-order valence-electron chi connectivity index (χ4n) is 0.359. The zero-order valence-electron chi connectivity index (χ0n) is 5.29. The van der Waals surface area contributed by atoms with Crippen LogP contribution in [0, 0.1) is 0 Å². The highest BCUT2D eigenvalue weighted by atomic mass is 16.4. The van der Waals surface area contributed by atoms with Gasteiger partial charge in [0.15, 0.2) is 5.57 Å². The Morgan fingerprint density at radius 3 is 1.80 bits per heavy atom. The first-order chi connectivity index (χ1) is 4.59. The lowest BCUT2D eigenvalue weighted by Gasteiger charge is -1.92. The van der Waals surface area contributed by atoms with Crippen LogP contribution in [0.2, 0.25) is 0 Å². The van der Waals surface area contributed by atoms with Crippen LogP contribution in [0.3, 0.4) is 0 Å². The summed E-state index contributed by atoms with van der Waals surface area (Å²) in [6, 6.07) is 0. The number of carboxylic acid groups (broad SMARTS) is 2. The van der Waals surface area contributed by atoms with Crippen molar-refractivity contribution in [1.82, 2.24) is 5.32 Å². The Morgan fingerprint density at radius 2 is 1.70 bits per heavy atom. The van der Waals surface area contributed by atoms with Gasteiger partial charge < -0.3 is 15.5 Å². The molecule has 10 heavy (non-hydrogen) atoms. The molecule has 0 saturated heterocycles. The molecule has 0 aromatic rings. The molecule has 0 rings (SSSR count). The molecule has 0 fully saturated rings. The number of rotatable bonds is 3. The molecule has 0 bridgehead atoms. The second-order valence-electron chi connectivity index (χ2n) is 1.46. The number of carboxylic acids is 2. The number of nitrogens with one attached hydrogen (secondary N) is 1. The number of aliphatic carboxylic acids is 2. The van der Waals surface area contributed by atoms with Crippen molar-refractivity contribution in [2.75, 3.05) is 7.05 Å². The SMILES string of the molecule is CNC=C(C(=O)O)C(=O)O.